The molecule has 0 aliphatic rings. The number of allylic oxidation sites excluding steroid dienone is 2. The molecule has 0 saturated carbocycles. The molecule has 0 heterocycles. The van der Waals surface area contributed by atoms with Crippen molar-refractivity contribution in [2.75, 3.05) is 7.11 Å². The number of methoxy groups -OCH3 is 1. The summed E-state index contributed by atoms with van der Waals surface area (Å²) in [7, 11) is 1.69. The predicted octanol–water partition coefficient (Wildman–Crippen LogP) is 6.51. The van der Waals surface area contributed by atoms with Gasteiger partial charge in [-0.2, -0.15) is 0 Å². The van der Waals surface area contributed by atoms with E-state index in [2.05, 4.69) is 31.2 Å². The number of benzene rings is 1. The van der Waals surface area contributed by atoms with Gasteiger partial charge in [0.15, 0.2) is 0 Å². The van der Waals surface area contributed by atoms with Gasteiger partial charge >= 0.3 is 0 Å². The summed E-state index contributed by atoms with van der Waals surface area (Å²) < 4.78 is 5.14. The van der Waals surface area contributed by atoms with E-state index < -0.39 is 0 Å². The molecule has 123 valence electrons. The molecule has 0 amide bonds. The van der Waals surface area contributed by atoms with Gasteiger partial charge in [0.2, 0.25) is 0 Å². The Morgan fingerprint density at radius 3 is 2.18 bits per heavy atom. The van der Waals surface area contributed by atoms with Crippen LogP contribution in [0.25, 0.3) is 0 Å². The highest BCUT2D eigenvalue weighted by Crippen LogP contribution is 2.12. The first kappa shape index (κ1) is 18.8. The van der Waals surface area contributed by atoms with Gasteiger partial charge in [-0.25, -0.2) is 0 Å². The summed E-state index contributed by atoms with van der Waals surface area (Å²) in [5.41, 5.74) is 1.23. The van der Waals surface area contributed by atoms with Crippen LogP contribution in [0.3, 0.4) is 0 Å². The first-order chi connectivity index (χ1) is 10.9. The van der Waals surface area contributed by atoms with Gasteiger partial charge in [-0.15, -0.1) is 0 Å². The van der Waals surface area contributed by atoms with E-state index in [1.165, 1.54) is 69.8 Å². The number of rotatable bonds is 13. The summed E-state index contributed by atoms with van der Waals surface area (Å²) in [4.78, 5) is 0. The lowest BCUT2D eigenvalue weighted by Crippen LogP contribution is -1.85. The quantitative estimate of drug-likeness (QED) is 0.298. The lowest BCUT2D eigenvalue weighted by atomic mass is 10.1. The van der Waals surface area contributed by atoms with Crippen LogP contribution in [0, 0.1) is 6.07 Å². The molecule has 1 nitrogen and oxygen atoms in total. The Hall–Kier alpha value is -1.24. The van der Waals surface area contributed by atoms with Gasteiger partial charge in [0.05, 0.1) is 7.11 Å². The zero-order valence-electron chi connectivity index (χ0n) is 14.6. The van der Waals surface area contributed by atoms with Crippen molar-refractivity contribution >= 4 is 0 Å². The number of hydrogen-bond donors (Lipinski definition) is 0. The maximum Gasteiger partial charge on any atom is 0.119 e. The van der Waals surface area contributed by atoms with Crippen LogP contribution in [-0.4, -0.2) is 7.11 Å². The minimum atomic E-state index is 0.877. The second-order valence-electron chi connectivity index (χ2n) is 6.05. The zero-order valence-corrected chi connectivity index (χ0v) is 14.6. The van der Waals surface area contributed by atoms with E-state index in [0.29, 0.717) is 0 Å². The smallest absolute Gasteiger partial charge is 0.119 e. The molecule has 0 atom stereocenters. The van der Waals surface area contributed by atoms with Gasteiger partial charge in [-0.05, 0) is 43.0 Å². The summed E-state index contributed by atoms with van der Waals surface area (Å²) in [5.74, 6) is 0.877. The molecule has 1 heteroatoms. The molecule has 22 heavy (non-hydrogen) atoms. The highest BCUT2D eigenvalue weighted by atomic mass is 16.5. The van der Waals surface area contributed by atoms with Crippen molar-refractivity contribution < 1.29 is 4.74 Å². The Morgan fingerprint density at radius 1 is 0.909 bits per heavy atom. The van der Waals surface area contributed by atoms with Crippen LogP contribution < -0.4 is 4.74 Å². The van der Waals surface area contributed by atoms with Crippen LogP contribution >= 0.6 is 0 Å². The predicted molar refractivity (Wildman–Crippen MR) is 96.5 cm³/mol. The van der Waals surface area contributed by atoms with Crippen molar-refractivity contribution in [2.24, 2.45) is 0 Å². The van der Waals surface area contributed by atoms with Crippen molar-refractivity contribution in [3.8, 4) is 5.75 Å². The fourth-order valence-corrected chi connectivity index (χ4v) is 2.60. The van der Waals surface area contributed by atoms with Crippen molar-refractivity contribution in [1.82, 2.24) is 0 Å². The first-order valence-electron chi connectivity index (χ1n) is 9.06. The first-order valence-corrected chi connectivity index (χ1v) is 9.06. The largest absolute Gasteiger partial charge is 0.497 e. The summed E-state index contributed by atoms with van der Waals surface area (Å²) in [6.07, 6.45) is 19.4. The highest BCUT2D eigenvalue weighted by Gasteiger charge is 1.93. The standard InChI is InChI=1S/C21H33O/c1-3-4-5-6-7-8-9-10-11-12-13-14-15-20-16-18-21(22-2)19-17-20/h13-14,16,18-19H,3-12,15H2,1-2H3. The summed E-state index contributed by atoms with van der Waals surface area (Å²) >= 11 is 0. The van der Waals surface area contributed by atoms with Crippen LogP contribution in [-0.2, 0) is 6.42 Å². The SMILES string of the molecule is CCCCCCCCCCCC=CCc1[c]cc(OC)cc1. The van der Waals surface area contributed by atoms with Crippen LogP contribution in [0.15, 0.2) is 30.4 Å². The lowest BCUT2D eigenvalue weighted by Gasteiger charge is -2.01. The molecule has 0 aliphatic carbocycles. The second kappa shape index (κ2) is 13.4. The Labute approximate surface area is 137 Å². The van der Waals surface area contributed by atoms with E-state index in [9.17, 15) is 0 Å². The summed E-state index contributed by atoms with van der Waals surface area (Å²) in [6.45, 7) is 2.28. The van der Waals surface area contributed by atoms with E-state index in [0.717, 1.165) is 12.2 Å². The van der Waals surface area contributed by atoms with Crippen molar-refractivity contribution in [3.63, 3.8) is 0 Å². The lowest BCUT2D eigenvalue weighted by molar-refractivity contribution is 0.414. The average molecular weight is 301 g/mol. The Balaban J connectivity index is 1.93. The molecule has 0 spiro atoms. The molecule has 1 aromatic carbocycles. The molecular weight excluding hydrogens is 268 g/mol. The Kier molecular flexibility index (Phi) is 11.5. The van der Waals surface area contributed by atoms with Gasteiger partial charge in [-0.3, -0.25) is 0 Å². The number of unbranched alkanes of at least 4 members (excludes halogenated alkanes) is 9. The van der Waals surface area contributed by atoms with Gasteiger partial charge in [-0.1, -0.05) is 76.5 Å². The minimum Gasteiger partial charge on any atom is -0.497 e. The van der Waals surface area contributed by atoms with Gasteiger partial charge in [0.25, 0.3) is 0 Å². The molecule has 0 bridgehead atoms. The van der Waals surface area contributed by atoms with Crippen LogP contribution in [0.4, 0.5) is 0 Å². The van der Waals surface area contributed by atoms with E-state index in [1.54, 1.807) is 7.11 Å². The normalized spacial score (nSPS) is 11.2. The van der Waals surface area contributed by atoms with E-state index >= 15 is 0 Å². The summed E-state index contributed by atoms with van der Waals surface area (Å²) in [6, 6.07) is 9.24. The van der Waals surface area contributed by atoms with E-state index in [1.807, 2.05) is 12.1 Å². The van der Waals surface area contributed by atoms with Crippen molar-refractivity contribution in [3.05, 3.63) is 42.0 Å². The molecule has 0 unspecified atom stereocenters. The highest BCUT2D eigenvalue weighted by molar-refractivity contribution is 5.27. The number of hydrogen-bond acceptors (Lipinski definition) is 1. The minimum absolute atomic E-state index is 0.877. The molecule has 0 saturated heterocycles. The van der Waals surface area contributed by atoms with Crippen LogP contribution in [0.1, 0.15) is 76.7 Å². The van der Waals surface area contributed by atoms with Gasteiger partial charge in [0, 0.05) is 0 Å². The topological polar surface area (TPSA) is 9.23 Å². The fraction of sp³-hybridized carbons (Fsp3) is 0.619. The zero-order chi connectivity index (χ0) is 15.9. The molecular formula is C21H33O. The Bertz CT molecular complexity index is 377. The Morgan fingerprint density at radius 2 is 1.59 bits per heavy atom. The average Bonchev–Trinajstić information content (AvgIpc) is 2.56. The third-order valence-corrected chi connectivity index (χ3v) is 4.06. The second-order valence-corrected chi connectivity index (χ2v) is 6.05. The third kappa shape index (κ3) is 9.65. The van der Waals surface area contributed by atoms with Gasteiger partial charge in [0.1, 0.15) is 5.75 Å². The third-order valence-electron chi connectivity index (χ3n) is 4.06. The van der Waals surface area contributed by atoms with Crippen LogP contribution in [0.2, 0.25) is 0 Å². The monoisotopic (exact) mass is 301 g/mol. The van der Waals surface area contributed by atoms with E-state index in [-0.39, 0.29) is 0 Å². The van der Waals surface area contributed by atoms with E-state index in [4.69, 9.17) is 4.74 Å². The number of ether oxygens (including phenoxy) is 1. The van der Waals surface area contributed by atoms with Crippen molar-refractivity contribution in [1.29, 1.82) is 0 Å². The molecule has 0 N–H and O–H groups in total. The maximum absolute atomic E-state index is 5.14. The molecule has 1 radical (unpaired) electrons. The summed E-state index contributed by atoms with van der Waals surface area (Å²) in [5, 5.41) is 0. The van der Waals surface area contributed by atoms with Crippen molar-refractivity contribution in [2.45, 2.75) is 77.6 Å². The molecule has 1 aromatic rings. The molecule has 0 fully saturated rings. The molecule has 0 aromatic heterocycles. The fourth-order valence-electron chi connectivity index (χ4n) is 2.60. The molecule has 0 aliphatic heterocycles. The van der Waals surface area contributed by atoms with Gasteiger partial charge < -0.3 is 4.74 Å². The molecule has 1 rings (SSSR count). The maximum atomic E-state index is 5.14. The van der Waals surface area contributed by atoms with Crippen LogP contribution in [0.5, 0.6) is 5.75 Å².